The lowest BCUT2D eigenvalue weighted by molar-refractivity contribution is -0.386. The van der Waals surface area contributed by atoms with Crippen molar-refractivity contribution in [2.45, 2.75) is 40.4 Å². The number of aromatic nitrogens is 4. The van der Waals surface area contributed by atoms with Crippen molar-refractivity contribution in [1.82, 2.24) is 24.5 Å². The zero-order valence-electron chi connectivity index (χ0n) is 17.3. The van der Waals surface area contributed by atoms with Crippen LogP contribution in [0.3, 0.4) is 0 Å². The van der Waals surface area contributed by atoms with Gasteiger partial charge in [0, 0.05) is 19.2 Å². The molecule has 2 heterocycles. The minimum Gasteiger partial charge on any atom is -0.336 e. The predicted molar refractivity (Wildman–Crippen MR) is 113 cm³/mol. The Bertz CT molecular complexity index is 1100. The van der Waals surface area contributed by atoms with E-state index in [0.29, 0.717) is 41.6 Å². The van der Waals surface area contributed by atoms with Gasteiger partial charge in [-0.25, -0.2) is 0 Å². The van der Waals surface area contributed by atoms with Crippen molar-refractivity contribution in [2.75, 3.05) is 7.05 Å². The molecule has 0 spiro atoms. The first-order valence-electron chi connectivity index (χ1n) is 9.45. The highest BCUT2D eigenvalue weighted by Gasteiger charge is 2.22. The van der Waals surface area contributed by atoms with Crippen LogP contribution in [0.25, 0.3) is 0 Å². The Morgan fingerprint density at radius 2 is 2.03 bits per heavy atom. The van der Waals surface area contributed by atoms with Crippen molar-refractivity contribution in [1.29, 1.82) is 0 Å². The molecule has 0 N–H and O–H groups in total. The van der Waals surface area contributed by atoms with Crippen LogP contribution in [-0.2, 0) is 19.6 Å². The van der Waals surface area contributed by atoms with E-state index in [-0.39, 0.29) is 11.6 Å². The number of amides is 1. The number of carbonyl (C=O) groups excluding carboxylic acids is 1. The molecule has 0 saturated heterocycles. The lowest BCUT2D eigenvalue weighted by Gasteiger charge is -2.18. The largest absolute Gasteiger partial charge is 0.336 e. The van der Waals surface area contributed by atoms with E-state index >= 15 is 0 Å². The lowest BCUT2D eigenvalue weighted by atomic mass is 10.1. The van der Waals surface area contributed by atoms with Crippen LogP contribution in [0.1, 0.15) is 39.9 Å². The molecule has 0 aliphatic rings. The molecule has 10 heteroatoms. The van der Waals surface area contributed by atoms with E-state index < -0.39 is 4.92 Å². The van der Waals surface area contributed by atoms with Gasteiger partial charge in [-0.05, 0) is 38.5 Å². The standard InChI is InChI=1S/C20H23ClN6O3/c1-5-25-18(17(21)10-22-25)12-24(4)20(28)16-8-6-7-15(9-16)11-26-14(3)19(27(29)30)13(2)23-26/h6-10H,5,11-12H2,1-4H3. The quantitative estimate of drug-likeness (QED) is 0.421. The van der Waals surface area contributed by atoms with Gasteiger partial charge in [0.15, 0.2) is 0 Å². The number of halogens is 1. The highest BCUT2D eigenvalue weighted by Crippen LogP contribution is 2.23. The summed E-state index contributed by atoms with van der Waals surface area (Å²) >= 11 is 6.21. The van der Waals surface area contributed by atoms with E-state index in [1.807, 2.05) is 13.0 Å². The summed E-state index contributed by atoms with van der Waals surface area (Å²) in [5.41, 5.74) is 2.99. The third-order valence-electron chi connectivity index (χ3n) is 4.96. The Labute approximate surface area is 179 Å². The maximum atomic E-state index is 12.9. The number of rotatable bonds is 7. The molecule has 158 valence electrons. The van der Waals surface area contributed by atoms with Crippen molar-refractivity contribution >= 4 is 23.2 Å². The van der Waals surface area contributed by atoms with E-state index in [9.17, 15) is 14.9 Å². The van der Waals surface area contributed by atoms with Crippen molar-refractivity contribution in [3.8, 4) is 0 Å². The van der Waals surface area contributed by atoms with E-state index in [0.717, 1.165) is 11.3 Å². The molecule has 1 amide bonds. The molecule has 0 radical (unpaired) electrons. The average Bonchev–Trinajstić information content (AvgIpc) is 3.19. The fraction of sp³-hybridized carbons (Fsp3) is 0.350. The number of hydrogen-bond donors (Lipinski definition) is 0. The summed E-state index contributed by atoms with van der Waals surface area (Å²) in [5, 5.41) is 20.2. The Hall–Kier alpha value is -3.20. The first-order chi connectivity index (χ1) is 14.2. The average molecular weight is 431 g/mol. The third-order valence-corrected chi connectivity index (χ3v) is 5.28. The van der Waals surface area contributed by atoms with Gasteiger partial charge in [0.2, 0.25) is 0 Å². The van der Waals surface area contributed by atoms with Crippen LogP contribution in [0, 0.1) is 24.0 Å². The summed E-state index contributed by atoms with van der Waals surface area (Å²) in [4.78, 5) is 25.3. The fourth-order valence-electron chi connectivity index (χ4n) is 3.42. The molecule has 0 unspecified atom stereocenters. The minimum atomic E-state index is -0.421. The second-order valence-corrected chi connectivity index (χ2v) is 7.46. The summed E-state index contributed by atoms with van der Waals surface area (Å²) in [5.74, 6) is -0.156. The smallest absolute Gasteiger partial charge is 0.312 e. The van der Waals surface area contributed by atoms with Gasteiger partial charge >= 0.3 is 5.69 Å². The maximum absolute atomic E-state index is 12.9. The molecule has 0 bridgehead atoms. The van der Waals surface area contributed by atoms with Crippen LogP contribution >= 0.6 is 11.6 Å². The molecule has 0 aliphatic carbocycles. The Morgan fingerprint density at radius 1 is 1.30 bits per heavy atom. The third kappa shape index (κ3) is 4.20. The summed E-state index contributed by atoms with van der Waals surface area (Å²) in [6, 6.07) is 7.17. The summed E-state index contributed by atoms with van der Waals surface area (Å²) in [6.45, 7) is 6.57. The zero-order valence-corrected chi connectivity index (χ0v) is 18.0. The van der Waals surface area contributed by atoms with E-state index in [1.165, 1.54) is 0 Å². The van der Waals surface area contributed by atoms with Gasteiger partial charge in [0.05, 0.1) is 34.9 Å². The molecule has 0 fully saturated rings. The van der Waals surface area contributed by atoms with Gasteiger partial charge in [0.1, 0.15) is 11.4 Å². The lowest BCUT2D eigenvalue weighted by Crippen LogP contribution is -2.27. The van der Waals surface area contributed by atoms with Crippen LogP contribution in [-0.4, -0.2) is 42.3 Å². The van der Waals surface area contributed by atoms with Crippen molar-refractivity contribution in [3.05, 3.63) is 73.8 Å². The molecule has 3 aromatic rings. The number of nitro groups is 1. The predicted octanol–water partition coefficient (Wildman–Crippen LogP) is 3.60. The van der Waals surface area contributed by atoms with E-state index in [2.05, 4.69) is 10.2 Å². The maximum Gasteiger partial charge on any atom is 0.312 e. The normalized spacial score (nSPS) is 11.0. The Morgan fingerprint density at radius 3 is 2.67 bits per heavy atom. The van der Waals surface area contributed by atoms with Crippen molar-refractivity contribution in [2.24, 2.45) is 0 Å². The number of nitrogens with zero attached hydrogens (tertiary/aromatic N) is 6. The minimum absolute atomic E-state index is 0.0198. The topological polar surface area (TPSA) is 99.1 Å². The molecular weight excluding hydrogens is 408 g/mol. The molecule has 0 saturated carbocycles. The summed E-state index contributed by atoms with van der Waals surface area (Å²) < 4.78 is 3.35. The highest BCUT2D eigenvalue weighted by atomic mass is 35.5. The molecular formula is C20H23ClN6O3. The van der Waals surface area contributed by atoms with Crippen LogP contribution in [0.15, 0.2) is 30.5 Å². The van der Waals surface area contributed by atoms with Crippen molar-refractivity contribution < 1.29 is 9.72 Å². The van der Waals surface area contributed by atoms with E-state index in [1.54, 1.807) is 59.6 Å². The van der Waals surface area contributed by atoms with Gasteiger partial charge in [-0.2, -0.15) is 10.2 Å². The molecule has 0 aliphatic heterocycles. The highest BCUT2D eigenvalue weighted by molar-refractivity contribution is 6.31. The molecule has 3 rings (SSSR count). The second kappa shape index (κ2) is 8.66. The first-order valence-corrected chi connectivity index (χ1v) is 9.83. The summed E-state index contributed by atoms with van der Waals surface area (Å²) in [7, 11) is 1.71. The van der Waals surface area contributed by atoms with Crippen LogP contribution in [0.4, 0.5) is 5.69 Å². The van der Waals surface area contributed by atoms with Crippen molar-refractivity contribution in [3.63, 3.8) is 0 Å². The van der Waals surface area contributed by atoms with Crippen LogP contribution < -0.4 is 0 Å². The monoisotopic (exact) mass is 430 g/mol. The zero-order chi connectivity index (χ0) is 22.0. The Kier molecular flexibility index (Phi) is 6.21. The Balaban J connectivity index is 1.80. The van der Waals surface area contributed by atoms with Crippen LogP contribution in [0.2, 0.25) is 5.02 Å². The molecule has 9 nitrogen and oxygen atoms in total. The summed E-state index contributed by atoms with van der Waals surface area (Å²) in [6.07, 6.45) is 1.58. The van der Waals surface area contributed by atoms with Gasteiger partial charge in [-0.1, -0.05) is 23.7 Å². The SMILES string of the molecule is CCn1ncc(Cl)c1CN(C)C(=O)c1cccc(Cn2nc(C)c([N+](=O)[O-])c2C)c1. The first kappa shape index (κ1) is 21.5. The molecule has 1 aromatic carbocycles. The van der Waals surface area contributed by atoms with Gasteiger partial charge < -0.3 is 4.90 Å². The molecule has 2 aromatic heterocycles. The molecule has 30 heavy (non-hydrogen) atoms. The number of benzene rings is 1. The fourth-order valence-corrected chi connectivity index (χ4v) is 3.62. The van der Waals surface area contributed by atoms with Gasteiger partial charge in [-0.3, -0.25) is 24.3 Å². The molecule has 0 atom stereocenters. The van der Waals surface area contributed by atoms with Gasteiger partial charge in [-0.15, -0.1) is 0 Å². The number of carbonyl (C=O) groups is 1. The number of aryl methyl sites for hydroxylation is 2. The number of hydrogen-bond acceptors (Lipinski definition) is 5. The van der Waals surface area contributed by atoms with Crippen LogP contribution in [0.5, 0.6) is 0 Å². The van der Waals surface area contributed by atoms with E-state index in [4.69, 9.17) is 11.6 Å². The second-order valence-electron chi connectivity index (χ2n) is 7.05. The van der Waals surface area contributed by atoms with Gasteiger partial charge in [0.25, 0.3) is 5.91 Å².